The molecule has 0 aromatic carbocycles. The molecule has 0 saturated heterocycles. The van der Waals surface area contributed by atoms with E-state index in [1.807, 2.05) is 6.08 Å². The molecule has 0 aromatic heterocycles. The van der Waals surface area contributed by atoms with Gasteiger partial charge in [-0.05, 0) is 32.4 Å². The molecule has 0 rings (SSSR count). The minimum atomic E-state index is 0.246. The maximum atomic E-state index is 9.24. The molecule has 96 valence electrons. The van der Waals surface area contributed by atoms with Crippen molar-refractivity contribution in [3.05, 3.63) is 12.7 Å². The summed E-state index contributed by atoms with van der Waals surface area (Å²) >= 11 is 1.73. The van der Waals surface area contributed by atoms with Crippen molar-refractivity contribution < 1.29 is 5.11 Å². The molecular weight excluding hydrogens is 218 g/mol. The van der Waals surface area contributed by atoms with Gasteiger partial charge in [-0.25, -0.2) is 0 Å². The molecule has 2 nitrogen and oxygen atoms in total. The van der Waals surface area contributed by atoms with Crippen LogP contribution in [0, 0.1) is 0 Å². The second kappa shape index (κ2) is 10.2. The van der Waals surface area contributed by atoms with Crippen LogP contribution in [0.3, 0.4) is 0 Å². The minimum absolute atomic E-state index is 0.246. The van der Waals surface area contributed by atoms with E-state index in [0.717, 1.165) is 12.8 Å². The molecule has 2 N–H and O–H groups in total. The number of allylic oxidation sites excluding steroid dienone is 1. The number of nitrogens with one attached hydrogen (secondary N) is 1. The molecule has 0 bridgehead atoms. The van der Waals surface area contributed by atoms with Crippen LogP contribution in [0.15, 0.2) is 12.7 Å². The molecule has 0 heterocycles. The summed E-state index contributed by atoms with van der Waals surface area (Å²) in [6, 6.07) is 0.917. The number of thioether (sulfide) groups is 1. The molecule has 0 amide bonds. The number of hydrogen-bond donors (Lipinski definition) is 2. The summed E-state index contributed by atoms with van der Waals surface area (Å²) in [5, 5.41) is 13.2. The summed E-state index contributed by atoms with van der Waals surface area (Å²) in [6.45, 7) is 8.39. The monoisotopic (exact) mass is 245 g/mol. The highest BCUT2D eigenvalue weighted by molar-refractivity contribution is 7.99. The fourth-order valence-electron chi connectivity index (χ4n) is 1.89. The largest absolute Gasteiger partial charge is 0.395 e. The first kappa shape index (κ1) is 16.0. The Morgan fingerprint density at radius 3 is 2.56 bits per heavy atom. The second-order valence-electron chi connectivity index (χ2n) is 4.26. The van der Waals surface area contributed by atoms with Gasteiger partial charge in [0.05, 0.1) is 6.61 Å². The van der Waals surface area contributed by atoms with Crippen molar-refractivity contribution in [2.45, 2.75) is 56.9 Å². The van der Waals surface area contributed by atoms with Gasteiger partial charge >= 0.3 is 0 Å². The molecule has 3 heteroatoms. The van der Waals surface area contributed by atoms with Gasteiger partial charge in [0, 0.05) is 17.3 Å². The molecule has 0 radical (unpaired) electrons. The molecule has 0 spiro atoms. The highest BCUT2D eigenvalue weighted by atomic mass is 32.2. The Morgan fingerprint density at radius 2 is 2.12 bits per heavy atom. The summed E-state index contributed by atoms with van der Waals surface area (Å²) in [7, 11) is 0. The van der Waals surface area contributed by atoms with Crippen molar-refractivity contribution >= 4 is 11.8 Å². The van der Waals surface area contributed by atoms with E-state index in [-0.39, 0.29) is 6.61 Å². The molecular formula is C13H27NOS. The van der Waals surface area contributed by atoms with Crippen LogP contribution >= 0.6 is 11.8 Å². The zero-order valence-corrected chi connectivity index (χ0v) is 11.7. The fourth-order valence-corrected chi connectivity index (χ4v) is 2.53. The standard InChI is InChI=1S/C13H27NOS/c1-5-7-9-12(8-6-2)14-11(3)13(10-15)16-4/h5,11-15H,1,6-10H2,2-4H3. The van der Waals surface area contributed by atoms with Crippen LogP contribution in [0.5, 0.6) is 0 Å². The van der Waals surface area contributed by atoms with Gasteiger partial charge in [-0.3, -0.25) is 0 Å². The zero-order chi connectivity index (χ0) is 12.4. The summed E-state index contributed by atoms with van der Waals surface area (Å²) in [5.74, 6) is 0. The normalized spacial score (nSPS) is 16.8. The topological polar surface area (TPSA) is 32.3 Å². The zero-order valence-electron chi connectivity index (χ0n) is 10.9. The van der Waals surface area contributed by atoms with E-state index in [0.29, 0.717) is 17.3 Å². The van der Waals surface area contributed by atoms with Crippen LogP contribution in [0.2, 0.25) is 0 Å². The summed E-state index contributed by atoms with van der Waals surface area (Å²) in [4.78, 5) is 0. The van der Waals surface area contributed by atoms with E-state index in [4.69, 9.17) is 0 Å². The van der Waals surface area contributed by atoms with Crippen molar-refractivity contribution in [2.75, 3.05) is 12.9 Å². The van der Waals surface area contributed by atoms with Crippen LogP contribution in [0.4, 0.5) is 0 Å². The van der Waals surface area contributed by atoms with Crippen molar-refractivity contribution in [3.63, 3.8) is 0 Å². The third kappa shape index (κ3) is 6.56. The predicted octanol–water partition coefficient (Wildman–Crippen LogP) is 2.82. The van der Waals surface area contributed by atoms with E-state index >= 15 is 0 Å². The first-order chi connectivity index (χ1) is 7.69. The highest BCUT2D eigenvalue weighted by Crippen LogP contribution is 2.13. The lowest BCUT2D eigenvalue weighted by Crippen LogP contribution is -2.43. The van der Waals surface area contributed by atoms with Gasteiger partial charge in [-0.2, -0.15) is 11.8 Å². The van der Waals surface area contributed by atoms with Crippen molar-refractivity contribution in [3.8, 4) is 0 Å². The lowest BCUT2D eigenvalue weighted by molar-refractivity contribution is 0.267. The van der Waals surface area contributed by atoms with Crippen molar-refractivity contribution in [1.82, 2.24) is 5.32 Å². The van der Waals surface area contributed by atoms with Crippen LogP contribution < -0.4 is 5.32 Å². The van der Waals surface area contributed by atoms with E-state index in [1.165, 1.54) is 12.8 Å². The van der Waals surface area contributed by atoms with E-state index < -0.39 is 0 Å². The van der Waals surface area contributed by atoms with E-state index in [1.54, 1.807) is 11.8 Å². The molecule has 0 aliphatic rings. The minimum Gasteiger partial charge on any atom is -0.395 e. The Kier molecular flexibility index (Phi) is 10.2. The Labute approximate surface area is 105 Å². The molecule has 3 atom stereocenters. The average molecular weight is 245 g/mol. The van der Waals surface area contributed by atoms with Crippen LogP contribution in [0.1, 0.15) is 39.5 Å². The van der Waals surface area contributed by atoms with Crippen LogP contribution in [-0.2, 0) is 0 Å². The van der Waals surface area contributed by atoms with Crippen LogP contribution in [0.25, 0.3) is 0 Å². The third-order valence-electron chi connectivity index (χ3n) is 2.90. The second-order valence-corrected chi connectivity index (χ2v) is 5.34. The Bertz CT molecular complexity index is 171. The lowest BCUT2D eigenvalue weighted by Gasteiger charge is -2.27. The van der Waals surface area contributed by atoms with Gasteiger partial charge in [0.15, 0.2) is 0 Å². The molecule has 0 aromatic rings. The third-order valence-corrected chi connectivity index (χ3v) is 4.06. The van der Waals surface area contributed by atoms with Crippen molar-refractivity contribution in [2.24, 2.45) is 0 Å². The van der Waals surface area contributed by atoms with Gasteiger partial charge in [0.2, 0.25) is 0 Å². The van der Waals surface area contributed by atoms with E-state index in [9.17, 15) is 5.11 Å². The van der Waals surface area contributed by atoms with Gasteiger partial charge < -0.3 is 10.4 Å². The Morgan fingerprint density at radius 1 is 1.44 bits per heavy atom. The molecule has 3 unspecified atom stereocenters. The molecule has 0 fully saturated rings. The average Bonchev–Trinajstić information content (AvgIpc) is 2.28. The molecule has 0 aliphatic carbocycles. The summed E-state index contributed by atoms with van der Waals surface area (Å²) < 4.78 is 0. The number of rotatable bonds is 10. The number of aliphatic hydroxyl groups excluding tert-OH is 1. The highest BCUT2D eigenvalue weighted by Gasteiger charge is 2.18. The van der Waals surface area contributed by atoms with Gasteiger partial charge in [0.25, 0.3) is 0 Å². The molecule has 0 aliphatic heterocycles. The number of hydrogen-bond acceptors (Lipinski definition) is 3. The van der Waals surface area contributed by atoms with Gasteiger partial charge in [-0.1, -0.05) is 19.4 Å². The van der Waals surface area contributed by atoms with Crippen molar-refractivity contribution in [1.29, 1.82) is 0 Å². The predicted molar refractivity (Wildman–Crippen MR) is 75.1 cm³/mol. The first-order valence-corrected chi connectivity index (χ1v) is 7.48. The van der Waals surface area contributed by atoms with E-state index in [2.05, 4.69) is 32.0 Å². The maximum absolute atomic E-state index is 9.24. The quantitative estimate of drug-likeness (QED) is 0.581. The molecule has 0 saturated carbocycles. The first-order valence-electron chi connectivity index (χ1n) is 6.20. The summed E-state index contributed by atoms with van der Waals surface area (Å²) in [5.41, 5.74) is 0. The van der Waals surface area contributed by atoms with Crippen LogP contribution in [-0.4, -0.2) is 35.3 Å². The maximum Gasteiger partial charge on any atom is 0.0564 e. The smallest absolute Gasteiger partial charge is 0.0564 e. The Balaban J connectivity index is 4.08. The summed E-state index contributed by atoms with van der Waals surface area (Å²) in [6.07, 6.45) is 8.64. The lowest BCUT2D eigenvalue weighted by atomic mass is 10.0. The van der Waals surface area contributed by atoms with Gasteiger partial charge in [0.1, 0.15) is 0 Å². The SMILES string of the molecule is C=CCCC(CCC)NC(C)C(CO)SC. The van der Waals surface area contributed by atoms with Gasteiger partial charge in [-0.15, -0.1) is 6.58 Å². The fraction of sp³-hybridized carbons (Fsp3) is 0.846. The molecule has 16 heavy (non-hydrogen) atoms. The Hall–Kier alpha value is 0.0100. The number of aliphatic hydroxyl groups is 1.